The fraction of sp³-hybridized carbons (Fsp3) is 0.188. The van der Waals surface area contributed by atoms with Crippen molar-refractivity contribution in [1.82, 2.24) is 0 Å². The van der Waals surface area contributed by atoms with E-state index in [4.69, 9.17) is 4.74 Å². The van der Waals surface area contributed by atoms with Crippen molar-refractivity contribution in [2.75, 3.05) is 0 Å². The maximum Gasteiger partial charge on any atom is 0.317 e. The van der Waals surface area contributed by atoms with Gasteiger partial charge in [-0.2, -0.15) is 0 Å². The van der Waals surface area contributed by atoms with E-state index < -0.39 is 0 Å². The summed E-state index contributed by atoms with van der Waals surface area (Å²) in [7, 11) is 0. The molecule has 1 heterocycles. The van der Waals surface area contributed by atoms with Crippen LogP contribution in [0.4, 0.5) is 0 Å². The lowest BCUT2D eigenvalue weighted by atomic mass is 9.85. The second-order valence-corrected chi connectivity index (χ2v) is 4.55. The fourth-order valence-electron chi connectivity index (χ4n) is 2.39. The van der Waals surface area contributed by atoms with Crippen LogP contribution in [0, 0.1) is 0 Å². The van der Waals surface area contributed by atoms with Crippen LogP contribution in [0.5, 0.6) is 0 Å². The number of carbonyl (C=O) groups excluding carboxylic acids is 1. The number of ether oxygens (including phenoxy) is 1. The van der Waals surface area contributed by atoms with Crippen molar-refractivity contribution >= 4 is 5.97 Å². The minimum absolute atomic E-state index is 0.0256. The number of hydrogen-bond acceptors (Lipinski definition) is 2. The molecular formula is C16H14O2. The smallest absolute Gasteiger partial charge is 0.317 e. The summed E-state index contributed by atoms with van der Waals surface area (Å²) >= 11 is 0. The van der Waals surface area contributed by atoms with Crippen molar-refractivity contribution in [2.24, 2.45) is 0 Å². The summed E-state index contributed by atoms with van der Waals surface area (Å²) in [4.78, 5) is 11.6. The molecule has 0 bridgehead atoms. The van der Waals surface area contributed by atoms with Gasteiger partial charge in [-0.25, -0.2) is 0 Å². The highest BCUT2D eigenvalue weighted by atomic mass is 16.6. The van der Waals surface area contributed by atoms with Crippen LogP contribution in [-0.4, -0.2) is 12.1 Å². The van der Waals surface area contributed by atoms with Gasteiger partial charge >= 0.3 is 5.97 Å². The van der Waals surface area contributed by atoms with Gasteiger partial charge in [0, 0.05) is 6.42 Å². The molecule has 2 aromatic carbocycles. The van der Waals surface area contributed by atoms with Crippen molar-refractivity contribution in [3.63, 3.8) is 0 Å². The molecule has 1 saturated heterocycles. The quantitative estimate of drug-likeness (QED) is 0.768. The molecule has 3 rings (SSSR count). The molecule has 0 radical (unpaired) electrons. The molecule has 2 nitrogen and oxygen atoms in total. The van der Waals surface area contributed by atoms with E-state index in [1.54, 1.807) is 0 Å². The van der Waals surface area contributed by atoms with Gasteiger partial charge in [0.25, 0.3) is 0 Å². The Morgan fingerprint density at radius 1 is 0.889 bits per heavy atom. The minimum Gasteiger partial charge on any atom is -0.460 e. The first-order valence-corrected chi connectivity index (χ1v) is 6.14. The molecule has 2 atom stereocenters. The molecule has 0 aromatic heterocycles. The first kappa shape index (κ1) is 11.0. The zero-order valence-corrected chi connectivity index (χ0v) is 9.95. The molecular weight excluding hydrogens is 224 g/mol. The highest BCUT2D eigenvalue weighted by Crippen LogP contribution is 2.34. The van der Waals surface area contributed by atoms with Crippen LogP contribution in [0.1, 0.15) is 17.0 Å². The third-order valence-corrected chi connectivity index (χ3v) is 3.33. The summed E-state index contributed by atoms with van der Waals surface area (Å²) in [5.74, 6) is -0.214. The summed E-state index contributed by atoms with van der Waals surface area (Å²) < 4.78 is 5.27. The molecule has 0 unspecified atom stereocenters. The number of carbonyl (C=O) groups is 1. The summed E-state index contributed by atoms with van der Waals surface area (Å²) in [6.45, 7) is 0. The Labute approximate surface area is 106 Å². The largest absolute Gasteiger partial charge is 0.460 e. The van der Waals surface area contributed by atoms with Gasteiger partial charge in [-0.15, -0.1) is 0 Å². The van der Waals surface area contributed by atoms with E-state index in [-0.39, 0.29) is 18.0 Å². The maximum absolute atomic E-state index is 11.6. The number of hydrogen-bond donors (Lipinski definition) is 0. The fourth-order valence-corrected chi connectivity index (χ4v) is 2.39. The van der Waals surface area contributed by atoms with Crippen molar-refractivity contribution in [3.8, 4) is 0 Å². The Balaban J connectivity index is 1.77. The van der Waals surface area contributed by atoms with E-state index >= 15 is 0 Å². The summed E-state index contributed by atoms with van der Waals surface area (Å²) in [6, 6.07) is 20.0. The molecule has 0 aliphatic carbocycles. The van der Waals surface area contributed by atoms with Gasteiger partial charge in [0.2, 0.25) is 0 Å². The van der Waals surface area contributed by atoms with E-state index in [2.05, 4.69) is 12.1 Å². The molecule has 2 aromatic rings. The second kappa shape index (κ2) is 4.65. The van der Waals surface area contributed by atoms with E-state index in [1.807, 2.05) is 48.5 Å². The lowest BCUT2D eigenvalue weighted by Crippen LogP contribution is -2.44. The molecule has 2 heteroatoms. The molecule has 18 heavy (non-hydrogen) atoms. The summed E-state index contributed by atoms with van der Waals surface area (Å²) in [5, 5.41) is 0. The standard InChI is InChI=1S/C16H14O2/c17-16-15(13-9-5-2-6-10-13)14(18-16)11-12-7-3-1-4-8-12/h1-10,14-15H,11H2/t14-,15+/m1/s1. The van der Waals surface area contributed by atoms with Gasteiger partial charge in [0.1, 0.15) is 12.0 Å². The van der Waals surface area contributed by atoms with E-state index in [0.29, 0.717) is 0 Å². The van der Waals surface area contributed by atoms with Gasteiger partial charge in [0.15, 0.2) is 0 Å². The minimum atomic E-state index is -0.109. The number of cyclic esters (lactones) is 1. The van der Waals surface area contributed by atoms with Gasteiger partial charge in [-0.3, -0.25) is 4.79 Å². The Kier molecular flexibility index (Phi) is 2.85. The maximum atomic E-state index is 11.6. The summed E-state index contributed by atoms with van der Waals surface area (Å²) in [5.41, 5.74) is 2.26. The van der Waals surface area contributed by atoms with Crippen molar-refractivity contribution in [2.45, 2.75) is 18.4 Å². The molecule has 0 saturated carbocycles. The van der Waals surface area contributed by atoms with Crippen LogP contribution in [0.3, 0.4) is 0 Å². The van der Waals surface area contributed by atoms with Crippen LogP contribution < -0.4 is 0 Å². The second-order valence-electron chi connectivity index (χ2n) is 4.55. The van der Waals surface area contributed by atoms with Crippen LogP contribution in [0.25, 0.3) is 0 Å². The zero-order valence-electron chi connectivity index (χ0n) is 9.95. The topological polar surface area (TPSA) is 26.3 Å². The molecule has 1 aliphatic heterocycles. The van der Waals surface area contributed by atoms with Crippen molar-refractivity contribution in [3.05, 3.63) is 71.8 Å². The number of rotatable bonds is 3. The van der Waals surface area contributed by atoms with E-state index in [1.165, 1.54) is 5.56 Å². The van der Waals surface area contributed by atoms with E-state index in [0.717, 1.165) is 12.0 Å². The van der Waals surface area contributed by atoms with Crippen LogP contribution in [0.15, 0.2) is 60.7 Å². The molecule has 0 spiro atoms. The number of esters is 1. The third-order valence-electron chi connectivity index (χ3n) is 3.33. The summed E-state index contributed by atoms with van der Waals surface area (Å²) in [6.07, 6.45) is 0.758. The van der Waals surface area contributed by atoms with E-state index in [9.17, 15) is 4.79 Å². The molecule has 90 valence electrons. The Morgan fingerprint density at radius 2 is 1.50 bits per heavy atom. The zero-order chi connectivity index (χ0) is 12.4. The first-order chi connectivity index (χ1) is 8.84. The predicted octanol–water partition coefficient (Wildman–Crippen LogP) is 2.94. The van der Waals surface area contributed by atoms with Gasteiger partial charge in [-0.1, -0.05) is 60.7 Å². The van der Waals surface area contributed by atoms with Gasteiger partial charge < -0.3 is 4.74 Å². The van der Waals surface area contributed by atoms with Gasteiger partial charge in [-0.05, 0) is 11.1 Å². The Bertz CT molecular complexity index is 534. The molecule has 1 aliphatic rings. The Morgan fingerprint density at radius 3 is 2.11 bits per heavy atom. The predicted molar refractivity (Wildman–Crippen MR) is 69.2 cm³/mol. The molecule has 0 N–H and O–H groups in total. The highest BCUT2D eigenvalue weighted by molar-refractivity contribution is 5.84. The normalized spacial score (nSPS) is 22.1. The SMILES string of the molecule is O=C1O[C@H](Cc2ccccc2)[C@@H]1c1ccccc1. The van der Waals surface area contributed by atoms with Crippen LogP contribution in [-0.2, 0) is 16.0 Å². The number of benzene rings is 2. The average molecular weight is 238 g/mol. The van der Waals surface area contributed by atoms with Gasteiger partial charge in [0.05, 0.1) is 0 Å². The van der Waals surface area contributed by atoms with Crippen LogP contribution in [0.2, 0.25) is 0 Å². The van der Waals surface area contributed by atoms with Crippen molar-refractivity contribution < 1.29 is 9.53 Å². The van der Waals surface area contributed by atoms with Crippen molar-refractivity contribution in [1.29, 1.82) is 0 Å². The first-order valence-electron chi connectivity index (χ1n) is 6.14. The lowest BCUT2D eigenvalue weighted by Gasteiger charge is -2.35. The average Bonchev–Trinajstić information content (AvgIpc) is 2.40. The third kappa shape index (κ3) is 2.02. The monoisotopic (exact) mass is 238 g/mol. The lowest BCUT2D eigenvalue weighted by molar-refractivity contribution is -0.174. The molecule has 1 fully saturated rings. The Hall–Kier alpha value is -2.09. The highest BCUT2D eigenvalue weighted by Gasteiger charge is 2.43. The molecule has 0 amide bonds. The van der Waals surface area contributed by atoms with Crippen LogP contribution >= 0.6 is 0 Å².